The number of nitrogens with zero attached hydrogens (tertiary/aromatic N) is 1. The number of carbonyl (C=O) groups excluding carboxylic acids is 3. The first-order chi connectivity index (χ1) is 12.5. The minimum absolute atomic E-state index is 0.104. The van der Waals surface area contributed by atoms with E-state index in [4.69, 9.17) is 4.74 Å². The molecule has 1 aromatic rings. The van der Waals surface area contributed by atoms with Gasteiger partial charge in [-0.25, -0.2) is 4.79 Å². The van der Waals surface area contributed by atoms with Crippen molar-refractivity contribution in [2.45, 2.75) is 51.5 Å². The Morgan fingerprint density at radius 3 is 2.73 bits per heavy atom. The number of esters is 1. The molecule has 6 heteroatoms. The summed E-state index contributed by atoms with van der Waals surface area (Å²) in [5, 5.41) is 2.63. The molecular formula is C20H26N2O4. The lowest BCUT2D eigenvalue weighted by Gasteiger charge is -2.44. The van der Waals surface area contributed by atoms with Gasteiger partial charge in [-0.3, -0.25) is 9.59 Å². The van der Waals surface area contributed by atoms with Crippen LogP contribution in [0.3, 0.4) is 0 Å². The van der Waals surface area contributed by atoms with Crippen LogP contribution in [0.1, 0.15) is 55.8 Å². The highest BCUT2D eigenvalue weighted by molar-refractivity contribution is 5.94. The number of rotatable bonds is 4. The van der Waals surface area contributed by atoms with Crippen LogP contribution in [-0.4, -0.2) is 41.9 Å². The van der Waals surface area contributed by atoms with Crippen molar-refractivity contribution in [3.05, 3.63) is 29.8 Å². The number of piperidine rings is 1. The molecule has 0 aromatic heterocycles. The molecule has 2 atom stereocenters. The largest absolute Gasteiger partial charge is 0.452 e. The summed E-state index contributed by atoms with van der Waals surface area (Å²) in [6, 6.07) is 6.83. The Morgan fingerprint density at radius 1 is 1.15 bits per heavy atom. The lowest BCUT2D eigenvalue weighted by molar-refractivity contribution is -0.140. The van der Waals surface area contributed by atoms with Crippen molar-refractivity contribution in [2.24, 2.45) is 5.92 Å². The molecule has 1 saturated heterocycles. The zero-order chi connectivity index (χ0) is 18.5. The van der Waals surface area contributed by atoms with Gasteiger partial charge in [0.05, 0.1) is 5.56 Å². The number of carbonyl (C=O) groups is 3. The number of anilines is 1. The number of ether oxygens (including phenoxy) is 1. The zero-order valence-corrected chi connectivity index (χ0v) is 15.2. The van der Waals surface area contributed by atoms with Gasteiger partial charge in [-0.15, -0.1) is 0 Å². The lowest BCUT2D eigenvalue weighted by atomic mass is 9.78. The van der Waals surface area contributed by atoms with Crippen molar-refractivity contribution in [3.8, 4) is 0 Å². The number of nitrogens with one attached hydrogen (secondary N) is 1. The highest BCUT2D eigenvalue weighted by Gasteiger charge is 2.35. The molecule has 1 N–H and O–H groups in total. The number of amides is 2. The predicted octanol–water partition coefficient (Wildman–Crippen LogP) is 2.98. The Bertz CT molecular complexity index is 686. The average molecular weight is 358 g/mol. The molecule has 1 aliphatic carbocycles. The van der Waals surface area contributed by atoms with Crippen LogP contribution in [0.4, 0.5) is 5.69 Å². The van der Waals surface area contributed by atoms with E-state index in [9.17, 15) is 14.4 Å². The molecule has 1 aliphatic heterocycles. The number of hydrogen-bond donors (Lipinski definition) is 1. The number of fused-ring (bicyclic) bond motifs is 1. The van der Waals surface area contributed by atoms with E-state index in [-0.39, 0.29) is 18.4 Å². The summed E-state index contributed by atoms with van der Waals surface area (Å²) in [5.41, 5.74) is 0.845. The molecule has 26 heavy (non-hydrogen) atoms. The Hall–Kier alpha value is -2.37. The van der Waals surface area contributed by atoms with Crippen molar-refractivity contribution < 1.29 is 19.1 Å². The third-order valence-corrected chi connectivity index (χ3v) is 5.31. The van der Waals surface area contributed by atoms with Crippen LogP contribution in [0.2, 0.25) is 0 Å². The van der Waals surface area contributed by atoms with Crippen molar-refractivity contribution in [1.82, 2.24) is 4.90 Å². The Kier molecular flexibility index (Phi) is 5.91. The van der Waals surface area contributed by atoms with Crippen LogP contribution in [0, 0.1) is 5.92 Å². The fraction of sp³-hybridized carbons (Fsp3) is 0.550. The summed E-state index contributed by atoms with van der Waals surface area (Å²) >= 11 is 0. The first kappa shape index (κ1) is 18.4. The van der Waals surface area contributed by atoms with Crippen molar-refractivity contribution in [3.63, 3.8) is 0 Å². The van der Waals surface area contributed by atoms with Gasteiger partial charge in [-0.1, -0.05) is 18.9 Å². The molecule has 2 aliphatic rings. The van der Waals surface area contributed by atoms with E-state index in [1.54, 1.807) is 24.3 Å². The molecule has 1 heterocycles. The molecule has 0 unspecified atom stereocenters. The van der Waals surface area contributed by atoms with Crippen molar-refractivity contribution >= 4 is 23.5 Å². The van der Waals surface area contributed by atoms with Crippen LogP contribution in [0.5, 0.6) is 0 Å². The van der Waals surface area contributed by atoms with Gasteiger partial charge in [0.2, 0.25) is 5.91 Å². The Balaban J connectivity index is 1.57. The summed E-state index contributed by atoms with van der Waals surface area (Å²) < 4.78 is 5.24. The molecule has 3 rings (SSSR count). The number of likely N-dealkylation sites (tertiary alicyclic amines) is 1. The molecule has 1 aromatic carbocycles. The first-order valence-electron chi connectivity index (χ1n) is 9.39. The van der Waals surface area contributed by atoms with Gasteiger partial charge in [0.25, 0.3) is 5.91 Å². The first-order valence-corrected chi connectivity index (χ1v) is 9.39. The molecule has 2 amide bonds. The van der Waals surface area contributed by atoms with Crippen molar-refractivity contribution in [2.75, 3.05) is 18.5 Å². The summed E-state index contributed by atoms with van der Waals surface area (Å²) in [4.78, 5) is 37.9. The third-order valence-electron chi connectivity index (χ3n) is 5.31. The van der Waals surface area contributed by atoms with Gasteiger partial charge >= 0.3 is 5.97 Å². The highest BCUT2D eigenvalue weighted by Crippen LogP contribution is 2.35. The molecule has 0 spiro atoms. The van der Waals surface area contributed by atoms with E-state index >= 15 is 0 Å². The second kappa shape index (κ2) is 8.34. The summed E-state index contributed by atoms with van der Waals surface area (Å²) in [6.07, 6.45) is 6.90. The molecule has 140 valence electrons. The summed E-state index contributed by atoms with van der Waals surface area (Å²) in [7, 11) is 0. The van der Waals surface area contributed by atoms with E-state index in [1.807, 2.05) is 4.90 Å². The minimum atomic E-state index is -0.553. The topological polar surface area (TPSA) is 75.7 Å². The maximum atomic E-state index is 12.6. The Morgan fingerprint density at radius 2 is 1.92 bits per heavy atom. The van der Waals surface area contributed by atoms with Crippen LogP contribution in [0.25, 0.3) is 0 Å². The normalized spacial score (nSPS) is 22.3. The minimum Gasteiger partial charge on any atom is -0.452 e. The maximum Gasteiger partial charge on any atom is 0.338 e. The maximum absolute atomic E-state index is 12.6. The average Bonchev–Trinajstić information content (AvgIpc) is 2.65. The van der Waals surface area contributed by atoms with Crippen LogP contribution in [0.15, 0.2) is 24.3 Å². The molecular weight excluding hydrogens is 332 g/mol. The van der Waals surface area contributed by atoms with Gasteiger partial charge < -0.3 is 15.0 Å². The van der Waals surface area contributed by atoms with Crippen LogP contribution >= 0.6 is 0 Å². The molecule has 0 bridgehead atoms. The number of hydrogen-bond acceptors (Lipinski definition) is 4. The van der Waals surface area contributed by atoms with Gasteiger partial charge in [0, 0.05) is 25.2 Å². The quantitative estimate of drug-likeness (QED) is 0.840. The van der Waals surface area contributed by atoms with E-state index in [0.717, 1.165) is 19.4 Å². The third kappa shape index (κ3) is 4.42. The summed E-state index contributed by atoms with van der Waals surface area (Å²) in [5.74, 6) is -0.264. The second-order valence-corrected chi connectivity index (χ2v) is 7.18. The Labute approximate surface area is 153 Å². The lowest BCUT2D eigenvalue weighted by Crippen LogP contribution is -2.50. The summed E-state index contributed by atoms with van der Waals surface area (Å²) in [6.45, 7) is 1.93. The molecule has 2 fully saturated rings. The molecule has 0 radical (unpaired) electrons. The predicted molar refractivity (Wildman–Crippen MR) is 97.7 cm³/mol. The molecule has 6 nitrogen and oxygen atoms in total. The van der Waals surface area contributed by atoms with Crippen LogP contribution in [-0.2, 0) is 14.3 Å². The van der Waals surface area contributed by atoms with E-state index in [0.29, 0.717) is 23.2 Å². The second-order valence-electron chi connectivity index (χ2n) is 7.18. The number of benzene rings is 1. The van der Waals surface area contributed by atoms with Gasteiger partial charge in [-0.2, -0.15) is 0 Å². The monoisotopic (exact) mass is 358 g/mol. The van der Waals surface area contributed by atoms with Gasteiger partial charge in [0.1, 0.15) is 0 Å². The SMILES string of the molecule is CC(=O)Nc1cccc(C(=O)OCC(=O)N2CCC[C@H]3CCCC[C@@H]32)c1. The molecule has 1 saturated carbocycles. The zero-order valence-electron chi connectivity index (χ0n) is 15.2. The van der Waals surface area contributed by atoms with Crippen molar-refractivity contribution in [1.29, 1.82) is 0 Å². The fourth-order valence-electron chi connectivity index (χ4n) is 4.16. The van der Waals surface area contributed by atoms with Gasteiger partial charge in [0.15, 0.2) is 6.61 Å². The standard InChI is InChI=1S/C20H26N2O4/c1-14(23)21-17-9-4-7-16(12-17)20(25)26-13-19(24)22-11-5-8-15-6-2-3-10-18(15)22/h4,7,9,12,15,18H,2-3,5-6,8,10-11,13H2,1H3,(H,21,23)/t15-,18+/m1/s1. The van der Waals surface area contributed by atoms with Crippen LogP contribution < -0.4 is 5.32 Å². The highest BCUT2D eigenvalue weighted by atomic mass is 16.5. The fourth-order valence-corrected chi connectivity index (χ4v) is 4.16. The van der Waals surface area contributed by atoms with E-state index < -0.39 is 5.97 Å². The van der Waals surface area contributed by atoms with Gasteiger partial charge in [-0.05, 0) is 49.8 Å². The van der Waals surface area contributed by atoms with E-state index in [2.05, 4.69) is 5.32 Å². The van der Waals surface area contributed by atoms with E-state index in [1.165, 1.54) is 32.6 Å². The smallest absolute Gasteiger partial charge is 0.338 e.